The van der Waals surface area contributed by atoms with Gasteiger partial charge in [-0.2, -0.15) is 0 Å². The van der Waals surface area contributed by atoms with Gasteiger partial charge in [-0.3, -0.25) is 9.59 Å². The van der Waals surface area contributed by atoms with E-state index in [4.69, 9.17) is 4.74 Å². The minimum Gasteiger partial charge on any atom is -0.489 e. The maximum Gasteiger partial charge on any atom is 0.244 e. The van der Waals surface area contributed by atoms with Crippen LogP contribution in [0.15, 0.2) is 91.0 Å². The van der Waals surface area contributed by atoms with E-state index in [9.17, 15) is 9.59 Å². The minimum absolute atomic E-state index is 0.253. The zero-order valence-electron chi connectivity index (χ0n) is 17.5. The van der Waals surface area contributed by atoms with Gasteiger partial charge in [0.2, 0.25) is 11.8 Å². The quantitative estimate of drug-likeness (QED) is 0.518. The van der Waals surface area contributed by atoms with Crippen LogP contribution in [0.1, 0.15) is 23.6 Å². The van der Waals surface area contributed by atoms with Gasteiger partial charge in [0.1, 0.15) is 18.4 Å². The van der Waals surface area contributed by atoms with E-state index in [2.05, 4.69) is 10.6 Å². The Balaban J connectivity index is 1.45. The van der Waals surface area contributed by atoms with Crippen LogP contribution in [0.25, 0.3) is 6.08 Å². The lowest BCUT2D eigenvalue weighted by molar-refractivity contribution is -0.126. The Morgan fingerprint density at radius 1 is 0.903 bits per heavy atom. The van der Waals surface area contributed by atoms with Crippen molar-refractivity contribution in [2.24, 2.45) is 0 Å². The highest BCUT2D eigenvalue weighted by Crippen LogP contribution is 2.15. The average Bonchev–Trinajstić information content (AvgIpc) is 2.81. The highest BCUT2D eigenvalue weighted by Gasteiger charge is 2.14. The fourth-order valence-corrected chi connectivity index (χ4v) is 2.89. The molecule has 0 fully saturated rings. The van der Waals surface area contributed by atoms with Crippen molar-refractivity contribution in [1.29, 1.82) is 0 Å². The molecule has 3 aromatic rings. The molecule has 2 amide bonds. The Morgan fingerprint density at radius 2 is 1.58 bits per heavy atom. The van der Waals surface area contributed by atoms with Gasteiger partial charge in [-0.05, 0) is 41.8 Å². The molecular formula is C26H26N2O3. The number of benzene rings is 3. The number of nitrogens with one attached hydrogen (secondary N) is 2. The van der Waals surface area contributed by atoms with Gasteiger partial charge in [-0.25, -0.2) is 0 Å². The van der Waals surface area contributed by atoms with E-state index >= 15 is 0 Å². The van der Waals surface area contributed by atoms with Gasteiger partial charge in [0, 0.05) is 12.6 Å². The predicted octanol–water partition coefficient (Wildman–Crippen LogP) is 4.10. The lowest BCUT2D eigenvalue weighted by atomic mass is 10.2. The molecule has 31 heavy (non-hydrogen) atoms. The van der Waals surface area contributed by atoms with Crippen molar-refractivity contribution in [2.75, 3.05) is 0 Å². The zero-order chi connectivity index (χ0) is 21.9. The molecule has 1 atom stereocenters. The van der Waals surface area contributed by atoms with Crippen LogP contribution >= 0.6 is 0 Å². The fourth-order valence-electron chi connectivity index (χ4n) is 2.89. The third-order valence-corrected chi connectivity index (χ3v) is 4.59. The minimum atomic E-state index is -0.648. The summed E-state index contributed by atoms with van der Waals surface area (Å²) in [5.41, 5.74) is 2.93. The van der Waals surface area contributed by atoms with E-state index in [-0.39, 0.29) is 11.8 Å². The molecule has 1 unspecified atom stereocenters. The summed E-state index contributed by atoms with van der Waals surface area (Å²) in [4.78, 5) is 24.4. The van der Waals surface area contributed by atoms with Gasteiger partial charge < -0.3 is 15.4 Å². The summed E-state index contributed by atoms with van der Waals surface area (Å²) in [6.45, 7) is 2.49. The maximum atomic E-state index is 12.3. The first-order chi connectivity index (χ1) is 15.1. The molecule has 158 valence electrons. The van der Waals surface area contributed by atoms with Crippen LogP contribution < -0.4 is 15.4 Å². The van der Waals surface area contributed by atoms with Gasteiger partial charge >= 0.3 is 0 Å². The predicted molar refractivity (Wildman–Crippen MR) is 122 cm³/mol. The lowest BCUT2D eigenvalue weighted by Gasteiger charge is -2.13. The average molecular weight is 415 g/mol. The Bertz CT molecular complexity index is 1020. The number of hydrogen-bond donors (Lipinski definition) is 2. The molecular weight excluding hydrogens is 388 g/mol. The summed E-state index contributed by atoms with van der Waals surface area (Å²) in [5, 5.41) is 5.52. The van der Waals surface area contributed by atoms with E-state index in [0.29, 0.717) is 13.2 Å². The molecule has 0 radical (unpaired) electrons. The first-order valence-electron chi connectivity index (χ1n) is 10.2. The molecule has 5 heteroatoms. The first kappa shape index (κ1) is 21.8. The summed E-state index contributed by atoms with van der Waals surface area (Å²) in [6.07, 6.45) is 3.13. The second-order valence-electron chi connectivity index (χ2n) is 7.11. The molecule has 0 bridgehead atoms. The van der Waals surface area contributed by atoms with Crippen LogP contribution in [0, 0.1) is 0 Å². The zero-order valence-corrected chi connectivity index (χ0v) is 17.5. The molecule has 0 aliphatic carbocycles. The van der Waals surface area contributed by atoms with Crippen LogP contribution in [0.3, 0.4) is 0 Å². The maximum absolute atomic E-state index is 12.3. The normalized spacial score (nSPS) is 11.6. The van der Waals surface area contributed by atoms with Crippen molar-refractivity contribution in [3.05, 3.63) is 108 Å². The van der Waals surface area contributed by atoms with E-state index in [0.717, 1.165) is 22.4 Å². The topological polar surface area (TPSA) is 67.4 Å². The summed E-state index contributed by atoms with van der Waals surface area (Å²) >= 11 is 0. The summed E-state index contributed by atoms with van der Waals surface area (Å²) in [5.74, 6) is 0.169. The van der Waals surface area contributed by atoms with Crippen LogP contribution in [-0.2, 0) is 22.7 Å². The standard InChI is InChI=1S/C26H26N2O3/c1-20(28-25(29)16-15-21-9-4-2-5-10-21)26(30)27-18-23-13-8-14-24(17-23)31-19-22-11-6-3-7-12-22/h2-17,20H,18-19H2,1H3,(H,27,30)(H,28,29)/b16-15+. The highest BCUT2D eigenvalue weighted by molar-refractivity contribution is 5.95. The molecule has 0 saturated carbocycles. The van der Waals surface area contributed by atoms with Crippen molar-refractivity contribution < 1.29 is 14.3 Å². The number of ether oxygens (including phenoxy) is 1. The lowest BCUT2D eigenvalue weighted by Crippen LogP contribution is -2.44. The third-order valence-electron chi connectivity index (χ3n) is 4.59. The molecule has 0 heterocycles. The van der Waals surface area contributed by atoms with Crippen molar-refractivity contribution in [2.45, 2.75) is 26.1 Å². The van der Waals surface area contributed by atoms with Gasteiger partial charge in [-0.1, -0.05) is 72.8 Å². The Hall–Kier alpha value is -3.86. The smallest absolute Gasteiger partial charge is 0.244 e. The SMILES string of the molecule is CC(NC(=O)/C=C/c1ccccc1)C(=O)NCc1cccc(OCc2ccccc2)c1. The van der Waals surface area contributed by atoms with Gasteiger partial charge in [-0.15, -0.1) is 0 Å². The molecule has 5 nitrogen and oxygen atoms in total. The van der Waals surface area contributed by atoms with Crippen molar-refractivity contribution >= 4 is 17.9 Å². The molecule has 3 rings (SSSR count). The largest absolute Gasteiger partial charge is 0.489 e. The van der Waals surface area contributed by atoms with E-state index in [1.165, 1.54) is 6.08 Å². The summed E-state index contributed by atoms with van der Waals surface area (Å²) in [6, 6.07) is 26.4. The summed E-state index contributed by atoms with van der Waals surface area (Å²) in [7, 11) is 0. The van der Waals surface area contributed by atoms with Crippen molar-refractivity contribution in [3.8, 4) is 5.75 Å². The summed E-state index contributed by atoms with van der Waals surface area (Å²) < 4.78 is 5.83. The molecule has 3 aromatic carbocycles. The third kappa shape index (κ3) is 7.48. The molecule has 0 spiro atoms. The van der Waals surface area contributed by atoms with Gasteiger partial charge in [0.15, 0.2) is 0 Å². The van der Waals surface area contributed by atoms with Gasteiger partial charge in [0.05, 0.1) is 0 Å². The molecule has 0 aromatic heterocycles. The highest BCUT2D eigenvalue weighted by atomic mass is 16.5. The van der Waals surface area contributed by atoms with Crippen LogP contribution in [0.2, 0.25) is 0 Å². The van der Waals surface area contributed by atoms with Crippen molar-refractivity contribution in [1.82, 2.24) is 10.6 Å². The van der Waals surface area contributed by atoms with Crippen molar-refractivity contribution in [3.63, 3.8) is 0 Å². The van der Waals surface area contributed by atoms with Crippen LogP contribution in [0.4, 0.5) is 0 Å². The number of carbonyl (C=O) groups is 2. The monoisotopic (exact) mass is 414 g/mol. The van der Waals surface area contributed by atoms with E-state index < -0.39 is 6.04 Å². The van der Waals surface area contributed by atoms with E-state index in [1.807, 2.05) is 84.9 Å². The number of rotatable bonds is 9. The Kier molecular flexibility index (Phi) is 8.00. The second-order valence-corrected chi connectivity index (χ2v) is 7.11. The molecule has 2 N–H and O–H groups in total. The van der Waals surface area contributed by atoms with Crippen LogP contribution in [-0.4, -0.2) is 17.9 Å². The fraction of sp³-hybridized carbons (Fsp3) is 0.154. The van der Waals surface area contributed by atoms with Crippen LogP contribution in [0.5, 0.6) is 5.75 Å². The number of amides is 2. The van der Waals surface area contributed by atoms with E-state index in [1.54, 1.807) is 13.0 Å². The number of hydrogen-bond acceptors (Lipinski definition) is 3. The molecule has 0 aliphatic heterocycles. The Labute approximate surface area is 182 Å². The molecule has 0 saturated heterocycles. The second kappa shape index (κ2) is 11.4. The first-order valence-corrected chi connectivity index (χ1v) is 10.2. The Morgan fingerprint density at radius 3 is 2.32 bits per heavy atom. The number of carbonyl (C=O) groups excluding carboxylic acids is 2. The van der Waals surface area contributed by atoms with Gasteiger partial charge in [0.25, 0.3) is 0 Å². The molecule has 0 aliphatic rings.